The van der Waals surface area contributed by atoms with Gasteiger partial charge in [0, 0.05) is 6.26 Å². The molecule has 20 heavy (non-hydrogen) atoms. The van der Waals surface area contributed by atoms with Crippen LogP contribution in [-0.4, -0.2) is 33.0 Å². The molecule has 0 aliphatic heterocycles. The number of carbonyl (C=O) groups is 1. The lowest BCUT2D eigenvalue weighted by Crippen LogP contribution is -2.38. The number of hydrogen-bond donors (Lipinski definition) is 0. The van der Waals surface area contributed by atoms with Gasteiger partial charge in [0.2, 0.25) is 0 Å². The largest absolute Gasteiger partial charge is 0.466 e. The smallest absolute Gasteiger partial charge is 0.313 e. The van der Waals surface area contributed by atoms with Crippen molar-refractivity contribution < 1.29 is 22.3 Å². The highest BCUT2D eigenvalue weighted by Gasteiger charge is 2.38. The standard InChI is InChI=1S/C14H19FO4S/c1-4-19-13(16)14(2,10-20(3,17)18)9-11-5-7-12(15)8-6-11/h5-8H,4,9-10H2,1-3H3. The molecule has 112 valence electrons. The van der Waals surface area contributed by atoms with Crippen molar-refractivity contribution in [2.24, 2.45) is 5.41 Å². The zero-order valence-electron chi connectivity index (χ0n) is 11.8. The van der Waals surface area contributed by atoms with Crippen LogP contribution in [0.25, 0.3) is 0 Å². The summed E-state index contributed by atoms with van der Waals surface area (Å²) in [6.07, 6.45) is 1.26. The number of halogens is 1. The Kier molecular flexibility index (Phi) is 5.28. The molecule has 0 radical (unpaired) electrons. The Morgan fingerprint density at radius 1 is 1.30 bits per heavy atom. The van der Waals surface area contributed by atoms with Gasteiger partial charge in [0.05, 0.1) is 17.8 Å². The molecule has 1 unspecified atom stereocenters. The predicted molar refractivity (Wildman–Crippen MR) is 74.6 cm³/mol. The van der Waals surface area contributed by atoms with Crippen LogP contribution < -0.4 is 0 Å². The normalized spacial score (nSPS) is 14.6. The van der Waals surface area contributed by atoms with Crippen LogP contribution in [0.1, 0.15) is 19.4 Å². The van der Waals surface area contributed by atoms with E-state index in [1.165, 1.54) is 24.3 Å². The van der Waals surface area contributed by atoms with Gasteiger partial charge in [-0.05, 0) is 38.0 Å². The van der Waals surface area contributed by atoms with Gasteiger partial charge in [-0.15, -0.1) is 0 Å². The summed E-state index contributed by atoms with van der Waals surface area (Å²) in [6, 6.07) is 5.63. The van der Waals surface area contributed by atoms with Gasteiger partial charge < -0.3 is 4.74 Å². The van der Waals surface area contributed by atoms with Crippen LogP contribution in [0.15, 0.2) is 24.3 Å². The van der Waals surface area contributed by atoms with Crippen LogP contribution in [0.4, 0.5) is 4.39 Å². The lowest BCUT2D eigenvalue weighted by molar-refractivity contribution is -0.153. The number of hydrogen-bond acceptors (Lipinski definition) is 4. The lowest BCUT2D eigenvalue weighted by Gasteiger charge is -2.26. The summed E-state index contributed by atoms with van der Waals surface area (Å²) >= 11 is 0. The second-order valence-corrected chi connectivity index (χ2v) is 7.29. The van der Waals surface area contributed by atoms with E-state index in [-0.39, 0.29) is 24.6 Å². The van der Waals surface area contributed by atoms with Crippen LogP contribution in [-0.2, 0) is 25.8 Å². The highest BCUT2D eigenvalue weighted by molar-refractivity contribution is 7.90. The molecule has 0 saturated heterocycles. The second kappa shape index (κ2) is 6.35. The van der Waals surface area contributed by atoms with Crippen LogP contribution in [0.3, 0.4) is 0 Å². The number of ether oxygens (including phenoxy) is 1. The van der Waals surface area contributed by atoms with E-state index in [1.807, 2.05) is 0 Å². The Morgan fingerprint density at radius 2 is 1.85 bits per heavy atom. The van der Waals surface area contributed by atoms with E-state index < -0.39 is 21.2 Å². The molecular weight excluding hydrogens is 283 g/mol. The fourth-order valence-corrected chi connectivity index (χ4v) is 3.50. The quantitative estimate of drug-likeness (QED) is 0.754. The van der Waals surface area contributed by atoms with Gasteiger partial charge in [-0.3, -0.25) is 4.79 Å². The maximum atomic E-state index is 12.9. The minimum atomic E-state index is -3.35. The van der Waals surface area contributed by atoms with Crippen LogP contribution in [0.5, 0.6) is 0 Å². The minimum absolute atomic E-state index is 0.180. The number of carbonyl (C=O) groups excluding carboxylic acids is 1. The highest BCUT2D eigenvalue weighted by Crippen LogP contribution is 2.26. The van der Waals surface area contributed by atoms with Crippen molar-refractivity contribution in [3.05, 3.63) is 35.6 Å². The van der Waals surface area contributed by atoms with Crippen LogP contribution in [0.2, 0.25) is 0 Å². The number of sulfone groups is 1. The van der Waals surface area contributed by atoms with Crippen LogP contribution >= 0.6 is 0 Å². The Hall–Kier alpha value is -1.43. The van der Waals surface area contributed by atoms with Crippen LogP contribution in [0, 0.1) is 11.2 Å². The van der Waals surface area contributed by atoms with Gasteiger partial charge in [-0.2, -0.15) is 0 Å². The van der Waals surface area contributed by atoms with E-state index >= 15 is 0 Å². The van der Waals surface area contributed by atoms with E-state index in [2.05, 4.69) is 0 Å². The molecular formula is C14H19FO4S. The summed E-state index contributed by atoms with van der Waals surface area (Å²) < 4.78 is 40.9. The third kappa shape index (κ3) is 4.92. The Balaban J connectivity index is 3.04. The Bertz CT molecular complexity index is 565. The fraction of sp³-hybridized carbons (Fsp3) is 0.500. The average molecular weight is 302 g/mol. The molecule has 0 N–H and O–H groups in total. The Morgan fingerprint density at radius 3 is 2.30 bits per heavy atom. The highest BCUT2D eigenvalue weighted by atomic mass is 32.2. The van der Waals surface area contributed by atoms with Crippen molar-refractivity contribution in [2.75, 3.05) is 18.6 Å². The third-order valence-corrected chi connectivity index (χ3v) is 4.02. The SMILES string of the molecule is CCOC(=O)C(C)(Cc1ccc(F)cc1)CS(C)(=O)=O. The average Bonchev–Trinajstić information content (AvgIpc) is 2.30. The molecule has 0 amide bonds. The van der Waals surface area contributed by atoms with Crippen molar-refractivity contribution in [1.82, 2.24) is 0 Å². The molecule has 0 aromatic heterocycles. The summed E-state index contributed by atoms with van der Waals surface area (Å²) in [6.45, 7) is 3.40. The van der Waals surface area contributed by atoms with Crippen molar-refractivity contribution in [3.63, 3.8) is 0 Å². The first-order valence-electron chi connectivity index (χ1n) is 6.26. The first-order valence-corrected chi connectivity index (χ1v) is 8.32. The molecule has 0 bridgehead atoms. The topological polar surface area (TPSA) is 60.4 Å². The zero-order chi connectivity index (χ0) is 15.4. The summed E-state index contributed by atoms with van der Waals surface area (Å²) in [4.78, 5) is 12.1. The fourth-order valence-electron chi connectivity index (χ4n) is 2.12. The molecule has 0 fully saturated rings. The van der Waals surface area contributed by atoms with Gasteiger partial charge >= 0.3 is 5.97 Å². The van der Waals surface area contributed by atoms with E-state index in [0.29, 0.717) is 5.56 Å². The molecule has 0 heterocycles. The summed E-state index contributed by atoms with van der Waals surface area (Å²) in [7, 11) is -3.35. The summed E-state index contributed by atoms with van der Waals surface area (Å²) in [5.41, 5.74) is -0.493. The van der Waals surface area contributed by atoms with Gasteiger partial charge in [0.15, 0.2) is 0 Å². The molecule has 4 nitrogen and oxygen atoms in total. The van der Waals surface area contributed by atoms with E-state index in [1.54, 1.807) is 13.8 Å². The molecule has 0 saturated carbocycles. The summed E-state index contributed by atoms with van der Waals surface area (Å²) in [5, 5.41) is 0. The Labute approximate surface area is 118 Å². The molecule has 1 aromatic rings. The molecule has 0 aliphatic rings. The van der Waals surface area contributed by atoms with Gasteiger partial charge in [-0.25, -0.2) is 12.8 Å². The molecule has 6 heteroatoms. The number of benzene rings is 1. The lowest BCUT2D eigenvalue weighted by atomic mass is 9.85. The van der Waals surface area contributed by atoms with Crippen molar-refractivity contribution in [3.8, 4) is 0 Å². The molecule has 0 spiro atoms. The minimum Gasteiger partial charge on any atom is -0.466 e. The monoisotopic (exact) mass is 302 g/mol. The maximum absolute atomic E-state index is 12.9. The van der Waals surface area contributed by atoms with E-state index in [4.69, 9.17) is 4.74 Å². The number of rotatable bonds is 6. The molecule has 1 rings (SSSR count). The zero-order valence-corrected chi connectivity index (χ0v) is 12.7. The van der Waals surface area contributed by atoms with Gasteiger partial charge in [0.1, 0.15) is 15.7 Å². The van der Waals surface area contributed by atoms with Gasteiger partial charge in [-0.1, -0.05) is 12.1 Å². The van der Waals surface area contributed by atoms with Gasteiger partial charge in [0.25, 0.3) is 0 Å². The first kappa shape index (κ1) is 16.6. The first-order chi connectivity index (χ1) is 9.16. The maximum Gasteiger partial charge on any atom is 0.313 e. The third-order valence-electron chi connectivity index (χ3n) is 2.86. The second-order valence-electron chi connectivity index (χ2n) is 5.15. The van der Waals surface area contributed by atoms with Crippen molar-refractivity contribution >= 4 is 15.8 Å². The molecule has 1 atom stereocenters. The molecule has 1 aromatic carbocycles. The number of esters is 1. The van der Waals surface area contributed by atoms with E-state index in [0.717, 1.165) is 6.26 Å². The molecule has 0 aliphatic carbocycles. The van der Waals surface area contributed by atoms with Crippen molar-refractivity contribution in [1.29, 1.82) is 0 Å². The van der Waals surface area contributed by atoms with E-state index in [9.17, 15) is 17.6 Å². The predicted octanol–water partition coefficient (Wildman–Crippen LogP) is 1.98. The van der Waals surface area contributed by atoms with Crippen molar-refractivity contribution in [2.45, 2.75) is 20.3 Å². The summed E-state index contributed by atoms with van der Waals surface area (Å²) in [5.74, 6) is -1.25.